The van der Waals surface area contributed by atoms with Crippen LogP contribution < -0.4 is 4.74 Å². The smallest absolute Gasteiger partial charge is 0.410 e. The highest BCUT2D eigenvalue weighted by molar-refractivity contribution is 5.87. The average molecular weight is 585 g/mol. The summed E-state index contributed by atoms with van der Waals surface area (Å²) in [6.07, 6.45) is 2.02. The highest BCUT2D eigenvalue weighted by atomic mass is 16.6. The van der Waals surface area contributed by atoms with Crippen LogP contribution in [0.2, 0.25) is 0 Å². The van der Waals surface area contributed by atoms with Gasteiger partial charge >= 0.3 is 12.1 Å². The van der Waals surface area contributed by atoms with Gasteiger partial charge in [-0.05, 0) is 62.1 Å². The maximum absolute atomic E-state index is 14.1. The Balaban J connectivity index is 1.34. The van der Waals surface area contributed by atoms with Crippen LogP contribution in [-0.4, -0.2) is 57.2 Å². The molecule has 8 heteroatoms. The minimum absolute atomic E-state index is 0.0224. The summed E-state index contributed by atoms with van der Waals surface area (Å²) < 4.78 is 12.2. The van der Waals surface area contributed by atoms with Crippen LogP contribution >= 0.6 is 0 Å². The van der Waals surface area contributed by atoms with E-state index in [-0.39, 0.29) is 23.5 Å². The minimum Gasteiger partial charge on any atom is -0.487 e. The van der Waals surface area contributed by atoms with E-state index in [0.29, 0.717) is 51.9 Å². The Morgan fingerprint density at radius 3 is 2.14 bits per heavy atom. The molecule has 226 valence electrons. The number of carbonyl (C=O) groups excluding carboxylic acids is 2. The van der Waals surface area contributed by atoms with Crippen LogP contribution in [-0.2, 0) is 22.6 Å². The Hall–Kier alpha value is -4.33. The number of likely N-dealkylation sites (tertiary alicyclic amines) is 1. The Morgan fingerprint density at radius 2 is 1.51 bits per heavy atom. The van der Waals surface area contributed by atoms with Gasteiger partial charge in [-0.1, -0.05) is 60.7 Å². The zero-order valence-corrected chi connectivity index (χ0v) is 25.1. The number of para-hydroxylation sites is 1. The number of carbonyl (C=O) groups is 3. The molecule has 2 aliphatic rings. The van der Waals surface area contributed by atoms with Gasteiger partial charge in [-0.15, -0.1) is 0 Å². The Morgan fingerprint density at radius 1 is 0.907 bits per heavy atom. The highest BCUT2D eigenvalue weighted by Crippen LogP contribution is 2.47. The van der Waals surface area contributed by atoms with E-state index in [1.165, 1.54) is 0 Å². The molecule has 1 saturated heterocycles. The van der Waals surface area contributed by atoms with Crippen molar-refractivity contribution in [1.82, 2.24) is 9.80 Å². The molecule has 2 aliphatic heterocycles. The SMILES string of the molecule is CC(C)(C)OC(=O)N1CCC2(CC1)C[C@@H](CC(=O)N(Cc1ccccc1)Cc1ccc(C(=O)O)cc1)c1ccccc1O2. The predicted octanol–water partition coefficient (Wildman–Crippen LogP) is 6.64. The van der Waals surface area contributed by atoms with Gasteiger partial charge in [-0.3, -0.25) is 4.79 Å². The van der Waals surface area contributed by atoms with Gasteiger partial charge in [0.25, 0.3) is 0 Å². The Kier molecular flexibility index (Phi) is 8.76. The van der Waals surface area contributed by atoms with Crippen molar-refractivity contribution in [2.45, 2.75) is 76.7 Å². The fourth-order valence-electron chi connectivity index (χ4n) is 6.01. The summed E-state index contributed by atoms with van der Waals surface area (Å²) in [5.74, 6) is -0.198. The maximum atomic E-state index is 14.1. The van der Waals surface area contributed by atoms with E-state index in [4.69, 9.17) is 9.47 Å². The number of piperidine rings is 1. The lowest BCUT2D eigenvalue weighted by atomic mass is 9.76. The molecule has 3 aromatic rings. The van der Waals surface area contributed by atoms with Gasteiger partial charge < -0.3 is 24.4 Å². The van der Waals surface area contributed by atoms with Crippen LogP contribution in [0.3, 0.4) is 0 Å². The van der Waals surface area contributed by atoms with E-state index in [0.717, 1.165) is 22.4 Å². The number of aromatic carboxylic acids is 1. The Bertz CT molecular complexity index is 1440. The lowest BCUT2D eigenvalue weighted by Gasteiger charge is -2.47. The molecule has 0 saturated carbocycles. The molecule has 0 aliphatic carbocycles. The molecule has 0 radical (unpaired) electrons. The maximum Gasteiger partial charge on any atom is 0.410 e. The molecule has 3 aromatic carbocycles. The number of nitrogens with zero attached hydrogens (tertiary/aromatic N) is 2. The van der Waals surface area contributed by atoms with Crippen molar-refractivity contribution in [2.75, 3.05) is 13.1 Å². The average Bonchev–Trinajstić information content (AvgIpc) is 2.97. The van der Waals surface area contributed by atoms with E-state index in [2.05, 4.69) is 0 Å². The van der Waals surface area contributed by atoms with Crippen molar-refractivity contribution in [3.05, 3.63) is 101 Å². The standard InChI is InChI=1S/C35H40N2O6/c1-34(2,3)43-33(41)36-19-17-35(18-20-36)22-28(29-11-7-8-12-30(29)42-35)21-31(38)37(23-25-9-5-4-6-10-25)24-26-13-15-27(16-14-26)32(39)40/h4-16,28H,17-24H2,1-3H3,(H,39,40)/t28-/m1/s1. The first-order valence-corrected chi connectivity index (χ1v) is 14.9. The second kappa shape index (κ2) is 12.5. The van der Waals surface area contributed by atoms with Gasteiger partial charge in [0.05, 0.1) is 5.56 Å². The highest BCUT2D eigenvalue weighted by Gasteiger charge is 2.45. The van der Waals surface area contributed by atoms with Crippen molar-refractivity contribution in [3.8, 4) is 5.75 Å². The van der Waals surface area contributed by atoms with E-state index in [1.807, 2.05) is 80.3 Å². The van der Waals surface area contributed by atoms with Gasteiger partial charge in [-0.25, -0.2) is 9.59 Å². The van der Waals surface area contributed by atoms with Gasteiger partial charge in [0.15, 0.2) is 0 Å². The number of amides is 2. The third kappa shape index (κ3) is 7.55. The van der Waals surface area contributed by atoms with Gasteiger partial charge in [0.2, 0.25) is 5.91 Å². The third-order valence-electron chi connectivity index (χ3n) is 8.19. The number of carboxylic acid groups (broad SMARTS) is 1. The predicted molar refractivity (Wildman–Crippen MR) is 163 cm³/mol. The molecule has 8 nitrogen and oxygen atoms in total. The van der Waals surface area contributed by atoms with E-state index < -0.39 is 17.2 Å². The van der Waals surface area contributed by atoms with E-state index >= 15 is 0 Å². The minimum atomic E-state index is -0.979. The fourth-order valence-corrected chi connectivity index (χ4v) is 6.01. The van der Waals surface area contributed by atoms with E-state index in [1.54, 1.807) is 29.2 Å². The fraction of sp³-hybridized carbons (Fsp3) is 0.400. The monoisotopic (exact) mass is 584 g/mol. The molecule has 43 heavy (non-hydrogen) atoms. The number of rotatable bonds is 7. The lowest BCUT2D eigenvalue weighted by Crippen LogP contribution is -2.52. The van der Waals surface area contributed by atoms with Crippen molar-refractivity contribution >= 4 is 18.0 Å². The largest absolute Gasteiger partial charge is 0.487 e. The molecule has 1 fully saturated rings. The normalized spacial score (nSPS) is 17.5. The quantitative estimate of drug-likeness (QED) is 0.335. The number of carboxylic acids is 1. The molecule has 1 spiro atoms. The second-order valence-corrected chi connectivity index (χ2v) is 12.6. The molecule has 0 aromatic heterocycles. The molecule has 2 amide bonds. The first-order chi connectivity index (χ1) is 20.5. The van der Waals surface area contributed by atoms with Crippen LogP contribution in [0.25, 0.3) is 0 Å². The topological polar surface area (TPSA) is 96.4 Å². The lowest BCUT2D eigenvalue weighted by molar-refractivity contribution is -0.133. The summed E-state index contributed by atoms with van der Waals surface area (Å²) in [6.45, 7) is 7.48. The number of fused-ring (bicyclic) bond motifs is 1. The number of benzene rings is 3. The molecule has 1 N–H and O–H groups in total. The summed E-state index contributed by atoms with van der Waals surface area (Å²) in [5.41, 5.74) is 2.12. The van der Waals surface area contributed by atoms with Crippen molar-refractivity contribution in [3.63, 3.8) is 0 Å². The molecule has 2 heterocycles. The van der Waals surface area contributed by atoms with Crippen molar-refractivity contribution in [2.24, 2.45) is 0 Å². The van der Waals surface area contributed by atoms with Crippen LogP contribution in [0.1, 0.15) is 79.4 Å². The van der Waals surface area contributed by atoms with Crippen LogP contribution in [0.5, 0.6) is 5.75 Å². The van der Waals surface area contributed by atoms with Crippen LogP contribution in [0.15, 0.2) is 78.9 Å². The Labute approximate surface area is 253 Å². The first kappa shape index (κ1) is 30.1. The number of ether oxygens (including phenoxy) is 2. The van der Waals surface area contributed by atoms with Crippen LogP contribution in [0, 0.1) is 0 Å². The van der Waals surface area contributed by atoms with Crippen molar-refractivity contribution < 1.29 is 29.0 Å². The summed E-state index contributed by atoms with van der Waals surface area (Å²) in [6, 6.07) is 24.5. The number of hydrogen-bond donors (Lipinski definition) is 1. The molecule has 0 bridgehead atoms. The van der Waals surface area contributed by atoms with E-state index in [9.17, 15) is 19.5 Å². The third-order valence-corrected chi connectivity index (χ3v) is 8.19. The van der Waals surface area contributed by atoms with Gasteiger partial charge in [0, 0.05) is 51.4 Å². The first-order valence-electron chi connectivity index (χ1n) is 14.9. The van der Waals surface area contributed by atoms with Crippen molar-refractivity contribution in [1.29, 1.82) is 0 Å². The molecule has 0 unspecified atom stereocenters. The summed E-state index contributed by atoms with van der Waals surface area (Å²) in [5, 5.41) is 9.29. The second-order valence-electron chi connectivity index (χ2n) is 12.6. The zero-order chi connectivity index (χ0) is 30.6. The molecule has 5 rings (SSSR count). The summed E-state index contributed by atoms with van der Waals surface area (Å²) in [7, 11) is 0. The van der Waals surface area contributed by atoms with Crippen LogP contribution in [0.4, 0.5) is 4.79 Å². The molecule has 1 atom stereocenters. The zero-order valence-electron chi connectivity index (χ0n) is 25.1. The summed E-state index contributed by atoms with van der Waals surface area (Å²) in [4.78, 5) is 41.7. The van der Waals surface area contributed by atoms with Gasteiger partial charge in [0.1, 0.15) is 17.0 Å². The summed E-state index contributed by atoms with van der Waals surface area (Å²) >= 11 is 0. The molecular formula is C35H40N2O6. The van der Waals surface area contributed by atoms with Gasteiger partial charge in [-0.2, -0.15) is 0 Å². The molecular weight excluding hydrogens is 544 g/mol. The number of hydrogen-bond acceptors (Lipinski definition) is 5.